The van der Waals surface area contributed by atoms with E-state index < -0.39 is 0 Å². The molecule has 92 valence electrons. The van der Waals surface area contributed by atoms with Gasteiger partial charge >= 0.3 is 0 Å². The Morgan fingerprint density at radius 2 is 2.06 bits per heavy atom. The van der Waals surface area contributed by atoms with Crippen LogP contribution in [0.3, 0.4) is 0 Å². The molecule has 1 aromatic heterocycles. The van der Waals surface area contributed by atoms with Crippen molar-refractivity contribution in [3.05, 3.63) is 17.5 Å². The van der Waals surface area contributed by atoms with Crippen LogP contribution in [0.4, 0.5) is 0 Å². The van der Waals surface area contributed by atoms with Gasteiger partial charge in [-0.2, -0.15) is 5.10 Å². The van der Waals surface area contributed by atoms with Crippen molar-refractivity contribution in [1.29, 1.82) is 0 Å². The van der Waals surface area contributed by atoms with Crippen molar-refractivity contribution in [1.82, 2.24) is 15.1 Å². The molecule has 0 aromatic carbocycles. The maximum atomic E-state index is 4.47. The number of aryl methyl sites for hydroxylation is 2. The van der Waals surface area contributed by atoms with Gasteiger partial charge in [0.15, 0.2) is 0 Å². The van der Waals surface area contributed by atoms with Gasteiger partial charge in [0.2, 0.25) is 0 Å². The van der Waals surface area contributed by atoms with Gasteiger partial charge in [-0.15, -0.1) is 0 Å². The van der Waals surface area contributed by atoms with E-state index in [2.05, 4.69) is 55.8 Å². The van der Waals surface area contributed by atoms with Crippen molar-refractivity contribution in [2.45, 2.75) is 53.6 Å². The second-order valence-electron chi connectivity index (χ2n) is 4.97. The molecule has 0 fully saturated rings. The third-order valence-corrected chi connectivity index (χ3v) is 2.72. The van der Waals surface area contributed by atoms with Crippen LogP contribution in [0.25, 0.3) is 0 Å². The second-order valence-corrected chi connectivity index (χ2v) is 4.97. The third-order valence-electron chi connectivity index (χ3n) is 2.72. The number of rotatable bonds is 6. The molecule has 0 bridgehead atoms. The predicted octanol–water partition coefficient (Wildman–Crippen LogP) is 2.39. The Morgan fingerprint density at radius 1 is 1.38 bits per heavy atom. The minimum atomic E-state index is 0.570. The monoisotopic (exact) mass is 223 g/mol. The van der Waals surface area contributed by atoms with Gasteiger partial charge in [0.25, 0.3) is 0 Å². The molecule has 1 unspecified atom stereocenters. The van der Waals surface area contributed by atoms with E-state index in [1.807, 2.05) is 0 Å². The molecule has 0 aliphatic carbocycles. The molecule has 0 radical (unpaired) electrons. The highest BCUT2D eigenvalue weighted by Crippen LogP contribution is 2.10. The van der Waals surface area contributed by atoms with E-state index in [4.69, 9.17) is 0 Å². The van der Waals surface area contributed by atoms with Gasteiger partial charge in [0.05, 0.1) is 5.69 Å². The van der Waals surface area contributed by atoms with E-state index in [1.165, 1.54) is 5.69 Å². The summed E-state index contributed by atoms with van der Waals surface area (Å²) in [5, 5.41) is 7.95. The van der Waals surface area contributed by atoms with Gasteiger partial charge in [-0.05, 0) is 38.8 Å². The van der Waals surface area contributed by atoms with E-state index in [-0.39, 0.29) is 0 Å². The topological polar surface area (TPSA) is 29.9 Å². The van der Waals surface area contributed by atoms with Crippen LogP contribution in [-0.2, 0) is 13.0 Å². The van der Waals surface area contributed by atoms with Crippen LogP contribution in [0.1, 0.15) is 39.1 Å². The van der Waals surface area contributed by atoms with E-state index >= 15 is 0 Å². The molecule has 3 heteroatoms. The molecule has 0 aliphatic rings. The van der Waals surface area contributed by atoms with Crippen molar-refractivity contribution in [2.24, 2.45) is 5.92 Å². The van der Waals surface area contributed by atoms with Crippen LogP contribution >= 0.6 is 0 Å². The van der Waals surface area contributed by atoms with Crippen LogP contribution in [0.15, 0.2) is 6.07 Å². The maximum Gasteiger partial charge on any atom is 0.0596 e. The first-order valence-electron chi connectivity index (χ1n) is 6.29. The van der Waals surface area contributed by atoms with Crippen molar-refractivity contribution in [3.63, 3.8) is 0 Å². The summed E-state index contributed by atoms with van der Waals surface area (Å²) in [6, 6.07) is 2.77. The van der Waals surface area contributed by atoms with Crippen molar-refractivity contribution in [2.75, 3.05) is 6.54 Å². The lowest BCUT2D eigenvalue weighted by Crippen LogP contribution is -2.29. The third kappa shape index (κ3) is 3.97. The summed E-state index contributed by atoms with van der Waals surface area (Å²) in [5.41, 5.74) is 2.49. The number of hydrogen-bond donors (Lipinski definition) is 1. The molecule has 1 atom stereocenters. The van der Waals surface area contributed by atoms with E-state index in [0.29, 0.717) is 12.0 Å². The summed E-state index contributed by atoms with van der Waals surface area (Å²) in [4.78, 5) is 0. The van der Waals surface area contributed by atoms with Crippen LogP contribution in [-0.4, -0.2) is 22.4 Å². The van der Waals surface area contributed by atoms with Crippen LogP contribution < -0.4 is 5.32 Å². The predicted molar refractivity (Wildman–Crippen MR) is 68.6 cm³/mol. The van der Waals surface area contributed by atoms with Gasteiger partial charge in [-0.25, -0.2) is 0 Å². The Morgan fingerprint density at radius 3 is 2.62 bits per heavy atom. The van der Waals surface area contributed by atoms with Crippen molar-refractivity contribution < 1.29 is 0 Å². The highest BCUT2D eigenvalue weighted by molar-refractivity contribution is 5.09. The van der Waals surface area contributed by atoms with Gasteiger partial charge in [0.1, 0.15) is 0 Å². The average Bonchev–Trinajstić information content (AvgIpc) is 2.55. The first-order chi connectivity index (χ1) is 7.52. The van der Waals surface area contributed by atoms with Crippen molar-refractivity contribution in [3.8, 4) is 0 Å². The maximum absolute atomic E-state index is 4.47. The zero-order valence-electron chi connectivity index (χ0n) is 11.2. The average molecular weight is 223 g/mol. The fourth-order valence-electron chi connectivity index (χ4n) is 1.90. The highest BCUT2D eigenvalue weighted by Gasteiger charge is 2.09. The summed E-state index contributed by atoms with van der Waals surface area (Å²) in [7, 11) is 0. The summed E-state index contributed by atoms with van der Waals surface area (Å²) < 4.78 is 2.11. The van der Waals surface area contributed by atoms with E-state index in [9.17, 15) is 0 Å². The van der Waals surface area contributed by atoms with Crippen LogP contribution in [0, 0.1) is 12.8 Å². The molecular formula is C13H25N3. The lowest BCUT2D eigenvalue weighted by molar-refractivity contribution is 0.460. The first kappa shape index (κ1) is 13.2. The Balaban J connectivity index is 2.51. The fraction of sp³-hybridized carbons (Fsp3) is 0.769. The molecular weight excluding hydrogens is 198 g/mol. The molecule has 3 nitrogen and oxygen atoms in total. The summed E-state index contributed by atoms with van der Waals surface area (Å²) >= 11 is 0. The molecule has 1 N–H and O–H groups in total. The smallest absolute Gasteiger partial charge is 0.0596 e. The lowest BCUT2D eigenvalue weighted by Gasteiger charge is -2.15. The van der Waals surface area contributed by atoms with Gasteiger partial charge in [-0.3, -0.25) is 4.68 Å². The zero-order valence-corrected chi connectivity index (χ0v) is 11.2. The molecule has 1 aromatic rings. The number of nitrogens with zero attached hydrogens (tertiary/aromatic N) is 2. The SMILES string of the molecule is CCn1nc(C)cc1CC(C)CNC(C)C. The molecule has 0 spiro atoms. The molecule has 1 heterocycles. The van der Waals surface area contributed by atoms with Crippen LogP contribution in [0.5, 0.6) is 0 Å². The zero-order chi connectivity index (χ0) is 12.1. The largest absolute Gasteiger partial charge is 0.314 e. The summed E-state index contributed by atoms with van der Waals surface area (Å²) in [6.07, 6.45) is 1.11. The first-order valence-corrected chi connectivity index (χ1v) is 6.29. The Labute approximate surface area is 99.2 Å². The minimum absolute atomic E-state index is 0.570. The number of nitrogens with one attached hydrogen (secondary N) is 1. The molecule has 1 rings (SSSR count). The lowest BCUT2D eigenvalue weighted by atomic mass is 10.1. The second kappa shape index (κ2) is 6.04. The van der Waals surface area contributed by atoms with E-state index in [1.54, 1.807) is 0 Å². The number of aromatic nitrogens is 2. The molecule has 0 aliphatic heterocycles. The molecule has 0 amide bonds. The summed E-state index contributed by atoms with van der Waals surface area (Å²) in [6.45, 7) is 12.9. The molecule has 0 saturated heterocycles. The standard InChI is InChI=1S/C13H25N3/c1-6-16-13(8-12(5)15-16)7-11(4)9-14-10(2)3/h8,10-11,14H,6-7,9H2,1-5H3. The van der Waals surface area contributed by atoms with Crippen molar-refractivity contribution >= 4 is 0 Å². The molecule has 16 heavy (non-hydrogen) atoms. The number of hydrogen-bond acceptors (Lipinski definition) is 2. The van der Waals surface area contributed by atoms with Gasteiger partial charge in [0, 0.05) is 18.3 Å². The normalized spacial score (nSPS) is 13.4. The quantitative estimate of drug-likeness (QED) is 0.802. The van der Waals surface area contributed by atoms with E-state index in [0.717, 1.165) is 25.2 Å². The Hall–Kier alpha value is -0.830. The highest BCUT2D eigenvalue weighted by atomic mass is 15.3. The Kier molecular flexibility index (Phi) is 5.00. The summed E-state index contributed by atoms with van der Waals surface area (Å²) in [5.74, 6) is 0.656. The minimum Gasteiger partial charge on any atom is -0.314 e. The molecule has 0 saturated carbocycles. The van der Waals surface area contributed by atoms with Gasteiger partial charge < -0.3 is 5.32 Å². The Bertz CT molecular complexity index is 315. The van der Waals surface area contributed by atoms with Crippen LogP contribution in [0.2, 0.25) is 0 Å². The van der Waals surface area contributed by atoms with Gasteiger partial charge in [-0.1, -0.05) is 20.8 Å². The fourth-order valence-corrected chi connectivity index (χ4v) is 1.90.